The van der Waals surface area contributed by atoms with Crippen LogP contribution in [-0.2, 0) is 4.74 Å². The molecule has 1 aliphatic heterocycles. The molecule has 9 heteroatoms. The van der Waals surface area contributed by atoms with Crippen LogP contribution in [0, 0.1) is 0 Å². The third kappa shape index (κ3) is 4.11. The summed E-state index contributed by atoms with van der Waals surface area (Å²) >= 11 is 0. The minimum Gasteiger partial charge on any atom is -0.497 e. The predicted octanol–water partition coefficient (Wildman–Crippen LogP) is 0.0820. The van der Waals surface area contributed by atoms with E-state index >= 15 is 0 Å². The molecule has 0 spiro atoms. The number of hydrogen-bond acceptors (Lipinski definition) is 7. The first-order chi connectivity index (χ1) is 13.4. The Kier molecular flexibility index (Phi) is 5.88. The lowest BCUT2D eigenvalue weighted by molar-refractivity contribution is -0.0459. The molecule has 0 radical (unpaired) electrons. The number of hydrogen-bond donors (Lipinski definition) is 3. The van der Waals surface area contributed by atoms with E-state index in [4.69, 9.17) is 14.6 Å². The maximum Gasteiger partial charge on any atom is 0.330 e. The molecule has 9 nitrogen and oxygen atoms in total. The molecule has 3 unspecified atom stereocenters. The van der Waals surface area contributed by atoms with E-state index in [1.165, 1.54) is 25.5 Å². The van der Waals surface area contributed by atoms with E-state index in [0.29, 0.717) is 11.3 Å². The molecule has 28 heavy (non-hydrogen) atoms. The average molecular weight is 388 g/mol. The number of ether oxygens (including phenoxy) is 2. The third-order valence-electron chi connectivity index (χ3n) is 4.48. The van der Waals surface area contributed by atoms with Gasteiger partial charge in [-0.3, -0.25) is 19.1 Å². The summed E-state index contributed by atoms with van der Waals surface area (Å²) in [5.41, 5.74) is -0.876. The van der Waals surface area contributed by atoms with Gasteiger partial charge in [0.05, 0.1) is 25.4 Å². The number of carbonyl (C=O) groups excluding carboxylic acids is 1. The first-order valence-electron chi connectivity index (χ1n) is 8.59. The molecule has 1 aliphatic rings. The quantitative estimate of drug-likeness (QED) is 0.472. The van der Waals surface area contributed by atoms with Crippen molar-refractivity contribution < 1.29 is 24.5 Å². The largest absolute Gasteiger partial charge is 0.497 e. The van der Waals surface area contributed by atoms with Crippen LogP contribution in [0.4, 0.5) is 0 Å². The van der Waals surface area contributed by atoms with E-state index in [1.54, 1.807) is 24.3 Å². The summed E-state index contributed by atoms with van der Waals surface area (Å²) in [6, 6.07) is 6.49. The van der Waals surface area contributed by atoms with Gasteiger partial charge in [0, 0.05) is 18.2 Å². The number of aliphatic hydroxyl groups excluding tert-OH is 2. The zero-order valence-corrected chi connectivity index (χ0v) is 15.1. The van der Waals surface area contributed by atoms with Crippen LogP contribution in [0.1, 0.15) is 28.6 Å². The van der Waals surface area contributed by atoms with E-state index in [9.17, 15) is 19.5 Å². The first-order valence-corrected chi connectivity index (χ1v) is 8.59. The number of benzene rings is 1. The molecule has 3 N–H and O–H groups in total. The molecule has 1 fully saturated rings. The fourth-order valence-electron chi connectivity index (χ4n) is 2.90. The van der Waals surface area contributed by atoms with Gasteiger partial charge in [0.15, 0.2) is 5.78 Å². The second-order valence-corrected chi connectivity index (χ2v) is 6.29. The summed E-state index contributed by atoms with van der Waals surface area (Å²) < 4.78 is 11.6. The molecule has 0 bridgehead atoms. The number of allylic oxidation sites excluding steroid dienone is 1. The van der Waals surface area contributed by atoms with Crippen molar-refractivity contribution in [1.29, 1.82) is 0 Å². The number of ketones is 1. The van der Waals surface area contributed by atoms with Gasteiger partial charge >= 0.3 is 5.69 Å². The van der Waals surface area contributed by atoms with Crippen molar-refractivity contribution in [3.8, 4) is 5.75 Å². The van der Waals surface area contributed by atoms with Crippen molar-refractivity contribution in [3.05, 3.63) is 68.5 Å². The van der Waals surface area contributed by atoms with Crippen molar-refractivity contribution >= 4 is 11.9 Å². The molecule has 3 atom stereocenters. The Balaban J connectivity index is 1.84. The highest BCUT2D eigenvalue weighted by Crippen LogP contribution is 2.27. The predicted molar refractivity (Wildman–Crippen MR) is 99.3 cm³/mol. The molecule has 1 aromatic heterocycles. The van der Waals surface area contributed by atoms with Crippen molar-refractivity contribution in [2.24, 2.45) is 0 Å². The van der Waals surface area contributed by atoms with Crippen LogP contribution in [-0.4, -0.2) is 51.5 Å². The Morgan fingerprint density at radius 3 is 2.68 bits per heavy atom. The number of nitrogens with zero attached hydrogens (tertiary/aromatic N) is 1. The standard InChI is InChI=1S/C19H20N2O7/c1-27-13-5-2-11(3-6-13)14(23)7-4-12-9-21(19(26)20-18(12)25)17-8-15(24)16(10-22)28-17/h2-7,9,15-17,22,24H,8,10H2,1H3,(H,20,25,26)/b7-4+. The maximum absolute atomic E-state index is 12.3. The third-order valence-corrected chi connectivity index (χ3v) is 4.48. The van der Waals surface area contributed by atoms with Crippen LogP contribution in [0.15, 0.2) is 46.1 Å². The Hall–Kier alpha value is -3.01. The number of aromatic nitrogens is 2. The normalized spacial score (nSPS) is 21.9. The van der Waals surface area contributed by atoms with Gasteiger partial charge in [0.2, 0.25) is 0 Å². The van der Waals surface area contributed by atoms with Crippen LogP contribution in [0.5, 0.6) is 5.75 Å². The lowest BCUT2D eigenvalue weighted by Gasteiger charge is -2.14. The smallest absolute Gasteiger partial charge is 0.330 e. The number of methoxy groups -OCH3 is 1. The van der Waals surface area contributed by atoms with Crippen molar-refractivity contribution in [2.45, 2.75) is 24.9 Å². The highest BCUT2D eigenvalue weighted by atomic mass is 16.5. The maximum atomic E-state index is 12.3. The first kappa shape index (κ1) is 19.7. The molecular formula is C19H20N2O7. The zero-order chi connectivity index (χ0) is 20.3. The number of H-pyrrole nitrogens is 1. The van der Waals surface area contributed by atoms with Crippen molar-refractivity contribution in [1.82, 2.24) is 9.55 Å². The summed E-state index contributed by atoms with van der Waals surface area (Å²) in [4.78, 5) is 38.6. The number of aromatic amines is 1. The van der Waals surface area contributed by atoms with E-state index < -0.39 is 29.7 Å². The molecular weight excluding hydrogens is 368 g/mol. The second kappa shape index (κ2) is 8.34. The number of nitrogens with one attached hydrogen (secondary N) is 1. The summed E-state index contributed by atoms with van der Waals surface area (Å²) in [5, 5.41) is 19.0. The SMILES string of the molecule is COc1ccc(C(=O)/C=C/c2cn(C3CC(O)C(CO)O3)c(=O)[nH]c2=O)cc1. The Morgan fingerprint density at radius 1 is 1.36 bits per heavy atom. The highest BCUT2D eigenvalue weighted by molar-refractivity contribution is 6.06. The van der Waals surface area contributed by atoms with Gasteiger partial charge in [-0.05, 0) is 36.4 Å². The van der Waals surface area contributed by atoms with E-state index in [2.05, 4.69) is 4.98 Å². The van der Waals surface area contributed by atoms with Gasteiger partial charge < -0.3 is 19.7 Å². The van der Waals surface area contributed by atoms with Gasteiger partial charge in [-0.25, -0.2) is 4.79 Å². The minimum atomic E-state index is -0.926. The van der Waals surface area contributed by atoms with Crippen LogP contribution in [0.3, 0.4) is 0 Å². The average Bonchev–Trinajstić information content (AvgIpc) is 3.07. The topological polar surface area (TPSA) is 131 Å². The van der Waals surface area contributed by atoms with Gasteiger partial charge in [0.25, 0.3) is 5.56 Å². The molecule has 0 saturated carbocycles. The van der Waals surface area contributed by atoms with Gasteiger partial charge in [-0.15, -0.1) is 0 Å². The Morgan fingerprint density at radius 2 is 2.07 bits per heavy atom. The van der Waals surface area contributed by atoms with Gasteiger partial charge in [0.1, 0.15) is 18.1 Å². The lowest BCUT2D eigenvalue weighted by atomic mass is 10.1. The summed E-state index contributed by atoms with van der Waals surface area (Å²) in [5.74, 6) is 0.289. The van der Waals surface area contributed by atoms with Crippen LogP contribution in [0.25, 0.3) is 6.08 Å². The number of aliphatic hydroxyl groups is 2. The van der Waals surface area contributed by atoms with E-state index in [-0.39, 0.29) is 24.4 Å². The van der Waals surface area contributed by atoms with E-state index in [0.717, 1.165) is 4.57 Å². The van der Waals surface area contributed by atoms with Crippen molar-refractivity contribution in [2.75, 3.05) is 13.7 Å². The number of carbonyl (C=O) groups is 1. The second-order valence-electron chi connectivity index (χ2n) is 6.29. The molecule has 148 valence electrons. The molecule has 0 aliphatic carbocycles. The summed E-state index contributed by atoms with van der Waals surface area (Å²) in [7, 11) is 1.52. The molecule has 0 amide bonds. The molecule has 2 heterocycles. The van der Waals surface area contributed by atoms with Gasteiger partial charge in [-0.2, -0.15) is 0 Å². The van der Waals surface area contributed by atoms with Crippen molar-refractivity contribution in [3.63, 3.8) is 0 Å². The summed E-state index contributed by atoms with van der Waals surface area (Å²) in [6.07, 6.45) is 1.31. The highest BCUT2D eigenvalue weighted by Gasteiger charge is 2.35. The molecule has 1 saturated heterocycles. The number of rotatable bonds is 6. The summed E-state index contributed by atoms with van der Waals surface area (Å²) in [6.45, 7) is -0.390. The fourth-order valence-corrected chi connectivity index (χ4v) is 2.90. The Bertz CT molecular complexity index is 991. The zero-order valence-electron chi connectivity index (χ0n) is 15.1. The van der Waals surface area contributed by atoms with Crippen LogP contribution in [0.2, 0.25) is 0 Å². The van der Waals surface area contributed by atoms with Crippen LogP contribution >= 0.6 is 0 Å². The monoisotopic (exact) mass is 388 g/mol. The lowest BCUT2D eigenvalue weighted by Crippen LogP contribution is -2.33. The molecule has 1 aromatic carbocycles. The fraction of sp³-hybridized carbons (Fsp3) is 0.316. The molecule has 3 rings (SSSR count). The van der Waals surface area contributed by atoms with E-state index in [1.807, 2.05) is 0 Å². The van der Waals surface area contributed by atoms with Gasteiger partial charge in [-0.1, -0.05) is 0 Å². The molecule has 2 aromatic rings. The Labute approximate surface area is 159 Å². The van der Waals surface area contributed by atoms with Crippen LogP contribution < -0.4 is 16.0 Å². The minimum absolute atomic E-state index is 0.0759.